The lowest BCUT2D eigenvalue weighted by atomic mass is 9.86. The van der Waals surface area contributed by atoms with Crippen molar-refractivity contribution in [2.45, 2.75) is 90.0 Å². The van der Waals surface area contributed by atoms with Crippen LogP contribution in [0.25, 0.3) is 6.08 Å². The van der Waals surface area contributed by atoms with Crippen molar-refractivity contribution in [1.29, 1.82) is 0 Å². The quantitative estimate of drug-likeness (QED) is 0.395. The molecule has 1 N–H and O–H groups in total. The third-order valence-electron chi connectivity index (χ3n) is 6.32. The van der Waals surface area contributed by atoms with Crippen LogP contribution < -0.4 is 0 Å². The van der Waals surface area contributed by atoms with Crippen molar-refractivity contribution in [3.05, 3.63) is 39.9 Å². The molecule has 2 aliphatic rings. The maximum absolute atomic E-state index is 12.1. The summed E-state index contributed by atoms with van der Waals surface area (Å²) < 4.78 is 27.3. The van der Waals surface area contributed by atoms with Crippen molar-refractivity contribution in [2.75, 3.05) is 6.61 Å². The Morgan fingerprint density at radius 1 is 0.947 bits per heavy atom. The summed E-state index contributed by atoms with van der Waals surface area (Å²) in [5.41, 5.74) is 1.97. The molecule has 1 heterocycles. The molecule has 1 aromatic carbocycles. The molecule has 0 amide bonds. The van der Waals surface area contributed by atoms with Gasteiger partial charge in [0.25, 0.3) is 0 Å². The number of aliphatic hydroxyl groups is 1. The van der Waals surface area contributed by atoms with E-state index in [4.69, 9.17) is 35.3 Å². The standard InChI is InChI=1S/C27H33ClO10/c1-15(29)34-14-23-24(35-16(2)30)25(36-17(3)31)26(37-18(4)32)27(33,38-23)21-10-11-22(28)20(13-21)12-19-8-6-5-7-9-19/h10-13,23-26,33H,5-9,14H2,1-4H3/t23-,24-,25+,26-,27+/m1/s1. The molecule has 1 saturated heterocycles. The number of benzene rings is 1. The number of hydrogen-bond acceptors (Lipinski definition) is 10. The second kappa shape index (κ2) is 12.7. The lowest BCUT2D eigenvalue weighted by molar-refractivity contribution is -0.360. The van der Waals surface area contributed by atoms with Crippen molar-refractivity contribution in [2.24, 2.45) is 0 Å². The van der Waals surface area contributed by atoms with Gasteiger partial charge in [-0.25, -0.2) is 0 Å². The number of allylic oxidation sites excluding steroid dienone is 1. The van der Waals surface area contributed by atoms with Gasteiger partial charge in [-0.3, -0.25) is 19.2 Å². The average Bonchev–Trinajstić information content (AvgIpc) is 2.83. The van der Waals surface area contributed by atoms with Crippen molar-refractivity contribution in [3.8, 4) is 0 Å². The Morgan fingerprint density at radius 2 is 1.55 bits per heavy atom. The Kier molecular flexibility index (Phi) is 9.92. The Hall–Kier alpha value is -2.95. The van der Waals surface area contributed by atoms with Crippen molar-refractivity contribution < 1.29 is 48.0 Å². The fourth-order valence-electron chi connectivity index (χ4n) is 4.76. The van der Waals surface area contributed by atoms with Crippen LogP contribution in [0, 0.1) is 0 Å². The van der Waals surface area contributed by atoms with E-state index in [2.05, 4.69) is 0 Å². The molecule has 0 spiro atoms. The predicted octanol–water partition coefficient (Wildman–Crippen LogP) is 3.59. The maximum Gasteiger partial charge on any atom is 0.303 e. The average molecular weight is 553 g/mol. The summed E-state index contributed by atoms with van der Waals surface area (Å²) in [6.45, 7) is 4.06. The number of halogens is 1. The summed E-state index contributed by atoms with van der Waals surface area (Å²) in [6, 6.07) is 4.65. The summed E-state index contributed by atoms with van der Waals surface area (Å²) in [5.74, 6) is -5.43. The predicted molar refractivity (Wildman–Crippen MR) is 135 cm³/mol. The summed E-state index contributed by atoms with van der Waals surface area (Å²) in [6.07, 6.45) is 1.30. The zero-order chi connectivity index (χ0) is 28.0. The van der Waals surface area contributed by atoms with Crippen LogP contribution in [0.15, 0.2) is 23.8 Å². The summed E-state index contributed by atoms with van der Waals surface area (Å²) in [7, 11) is 0. The highest BCUT2D eigenvalue weighted by Crippen LogP contribution is 2.42. The number of carbonyl (C=O) groups excluding carboxylic acids is 4. The van der Waals surface area contributed by atoms with Gasteiger partial charge in [0.1, 0.15) is 12.7 Å². The first-order chi connectivity index (χ1) is 17.9. The van der Waals surface area contributed by atoms with Crippen molar-refractivity contribution >= 4 is 41.6 Å². The van der Waals surface area contributed by atoms with Crippen LogP contribution in [0.3, 0.4) is 0 Å². The van der Waals surface area contributed by atoms with E-state index < -0.39 is 60.7 Å². The first kappa shape index (κ1) is 29.6. The molecule has 208 valence electrons. The second-order valence-corrected chi connectivity index (χ2v) is 9.84. The molecule has 3 rings (SSSR count). The Balaban J connectivity index is 2.14. The summed E-state index contributed by atoms with van der Waals surface area (Å²) >= 11 is 6.47. The molecular weight excluding hydrogens is 520 g/mol. The highest BCUT2D eigenvalue weighted by Gasteiger charge is 2.60. The molecule has 0 unspecified atom stereocenters. The van der Waals surface area contributed by atoms with E-state index in [1.807, 2.05) is 6.08 Å². The number of hydrogen-bond donors (Lipinski definition) is 1. The minimum Gasteiger partial charge on any atom is -0.463 e. The van der Waals surface area contributed by atoms with Crippen LogP contribution in [0.1, 0.15) is 70.9 Å². The minimum absolute atomic E-state index is 0.141. The molecular formula is C27H33ClO10. The van der Waals surface area contributed by atoms with E-state index in [1.165, 1.54) is 18.6 Å². The molecule has 1 saturated carbocycles. The molecule has 1 aliphatic carbocycles. The van der Waals surface area contributed by atoms with E-state index >= 15 is 0 Å². The summed E-state index contributed by atoms with van der Waals surface area (Å²) in [4.78, 5) is 47.7. The van der Waals surface area contributed by atoms with E-state index in [0.717, 1.165) is 52.9 Å². The van der Waals surface area contributed by atoms with E-state index in [1.54, 1.807) is 12.1 Å². The zero-order valence-corrected chi connectivity index (χ0v) is 22.6. The largest absolute Gasteiger partial charge is 0.463 e. The molecule has 0 radical (unpaired) electrons. The molecule has 1 aromatic rings. The van der Waals surface area contributed by atoms with E-state index in [-0.39, 0.29) is 5.56 Å². The van der Waals surface area contributed by atoms with Gasteiger partial charge in [-0.1, -0.05) is 35.7 Å². The fourth-order valence-corrected chi connectivity index (χ4v) is 4.93. The van der Waals surface area contributed by atoms with Gasteiger partial charge < -0.3 is 28.8 Å². The molecule has 1 aliphatic heterocycles. The second-order valence-electron chi connectivity index (χ2n) is 9.43. The molecule has 0 bridgehead atoms. The third-order valence-corrected chi connectivity index (χ3v) is 6.66. The van der Waals surface area contributed by atoms with Gasteiger partial charge in [-0.05, 0) is 43.4 Å². The normalized spacial score (nSPS) is 27.2. The van der Waals surface area contributed by atoms with Gasteiger partial charge in [0.15, 0.2) is 12.2 Å². The van der Waals surface area contributed by atoms with Crippen molar-refractivity contribution in [1.82, 2.24) is 0 Å². The highest BCUT2D eigenvalue weighted by molar-refractivity contribution is 6.32. The first-order valence-corrected chi connectivity index (χ1v) is 12.8. The first-order valence-electron chi connectivity index (χ1n) is 12.5. The highest BCUT2D eigenvalue weighted by atomic mass is 35.5. The van der Waals surface area contributed by atoms with Crippen LogP contribution in [-0.4, -0.2) is 60.0 Å². The molecule has 11 heteroatoms. The van der Waals surface area contributed by atoms with Gasteiger partial charge in [0.05, 0.1) is 0 Å². The number of ether oxygens (including phenoxy) is 5. The Labute approximate surface area is 226 Å². The molecule has 5 atom stereocenters. The smallest absolute Gasteiger partial charge is 0.303 e. The van der Waals surface area contributed by atoms with Crippen LogP contribution in [0.4, 0.5) is 0 Å². The van der Waals surface area contributed by atoms with Gasteiger partial charge in [-0.15, -0.1) is 0 Å². The Morgan fingerprint density at radius 3 is 2.13 bits per heavy atom. The number of rotatable bonds is 7. The van der Waals surface area contributed by atoms with Crippen LogP contribution in [0.2, 0.25) is 5.02 Å². The summed E-state index contributed by atoms with van der Waals surface area (Å²) in [5, 5.41) is 12.4. The lowest BCUT2D eigenvalue weighted by Gasteiger charge is -2.48. The molecule has 38 heavy (non-hydrogen) atoms. The topological polar surface area (TPSA) is 135 Å². The zero-order valence-electron chi connectivity index (χ0n) is 21.9. The van der Waals surface area contributed by atoms with Crippen LogP contribution in [-0.2, 0) is 48.6 Å². The molecule has 10 nitrogen and oxygen atoms in total. The SMILES string of the molecule is CC(=O)OC[C@H]1O[C@@](O)(c2ccc(Cl)c(C=C3CCCCC3)c2)[C@H](OC(C)=O)[C@@H](OC(C)=O)[C@@H]1OC(C)=O. The lowest BCUT2D eigenvalue weighted by Crippen LogP contribution is -2.66. The third kappa shape index (κ3) is 7.33. The van der Waals surface area contributed by atoms with Crippen LogP contribution in [0.5, 0.6) is 0 Å². The monoisotopic (exact) mass is 552 g/mol. The Bertz CT molecular complexity index is 1090. The fraction of sp³-hybridized carbons (Fsp3) is 0.556. The maximum atomic E-state index is 12.1. The number of esters is 4. The van der Waals surface area contributed by atoms with Gasteiger partial charge in [0, 0.05) is 38.3 Å². The van der Waals surface area contributed by atoms with Gasteiger partial charge >= 0.3 is 23.9 Å². The minimum atomic E-state index is -2.41. The molecule has 2 fully saturated rings. The molecule has 0 aromatic heterocycles. The van der Waals surface area contributed by atoms with Crippen molar-refractivity contribution in [3.63, 3.8) is 0 Å². The van der Waals surface area contributed by atoms with E-state index in [0.29, 0.717) is 10.6 Å². The van der Waals surface area contributed by atoms with Crippen LogP contribution >= 0.6 is 11.6 Å². The van der Waals surface area contributed by atoms with Gasteiger partial charge in [-0.2, -0.15) is 0 Å². The van der Waals surface area contributed by atoms with Gasteiger partial charge in [0.2, 0.25) is 11.9 Å². The number of carbonyl (C=O) groups is 4. The van der Waals surface area contributed by atoms with E-state index in [9.17, 15) is 24.3 Å².